The van der Waals surface area contributed by atoms with Gasteiger partial charge in [0.2, 0.25) is 5.91 Å². The number of rotatable bonds is 9. The summed E-state index contributed by atoms with van der Waals surface area (Å²) in [6.07, 6.45) is 0. The van der Waals surface area contributed by atoms with Gasteiger partial charge in [-0.05, 0) is 43.8 Å². The number of nitrogens with one attached hydrogen (secondary N) is 1. The molecule has 0 saturated heterocycles. The Hall–Kier alpha value is -2.09. The van der Waals surface area contributed by atoms with Crippen molar-refractivity contribution in [3.63, 3.8) is 0 Å². The van der Waals surface area contributed by atoms with Crippen LogP contribution in [-0.2, 0) is 4.79 Å². The summed E-state index contributed by atoms with van der Waals surface area (Å²) < 4.78 is 0. The summed E-state index contributed by atoms with van der Waals surface area (Å²) >= 11 is 7.50. The molecule has 0 unspecified atom stereocenters. The number of carbonyl (C=O) groups is 1. The Morgan fingerprint density at radius 1 is 1.30 bits per heavy atom. The van der Waals surface area contributed by atoms with Gasteiger partial charge in [-0.2, -0.15) is 0 Å². The van der Waals surface area contributed by atoms with Crippen molar-refractivity contribution in [2.75, 3.05) is 25.9 Å². The van der Waals surface area contributed by atoms with E-state index in [0.717, 1.165) is 16.2 Å². The maximum atomic E-state index is 12.1. The highest BCUT2D eigenvalue weighted by atomic mass is 35.5. The molecule has 27 heavy (non-hydrogen) atoms. The van der Waals surface area contributed by atoms with Crippen molar-refractivity contribution in [2.24, 2.45) is 0 Å². The fourth-order valence-electron chi connectivity index (χ4n) is 2.46. The van der Waals surface area contributed by atoms with Crippen LogP contribution >= 0.6 is 23.4 Å². The fourth-order valence-corrected chi connectivity index (χ4v) is 3.36. The molecule has 0 spiro atoms. The van der Waals surface area contributed by atoms with Crippen molar-refractivity contribution in [1.29, 1.82) is 0 Å². The Balaban J connectivity index is 1.76. The molecular weight excluding hydrogens is 386 g/mol. The number of nitro groups is 1. The largest absolute Gasteiger partial charge is 0.354 e. The number of carbonyl (C=O) groups excluding carboxylic acids is 1. The summed E-state index contributed by atoms with van der Waals surface area (Å²) in [5.74, 6) is 0.684. The van der Waals surface area contributed by atoms with Crippen LogP contribution < -0.4 is 5.32 Å². The van der Waals surface area contributed by atoms with Gasteiger partial charge in [0.15, 0.2) is 0 Å². The lowest BCUT2D eigenvalue weighted by atomic mass is 10.1. The number of nitrogens with zero attached hydrogens (tertiary/aromatic N) is 2. The molecular formula is C19H22ClN3O3S. The minimum atomic E-state index is -0.415. The summed E-state index contributed by atoms with van der Waals surface area (Å²) in [6.45, 7) is 2.70. The molecule has 2 aromatic carbocycles. The molecule has 6 nitrogen and oxygen atoms in total. The average Bonchev–Trinajstić information content (AvgIpc) is 2.66. The topological polar surface area (TPSA) is 75.5 Å². The van der Waals surface area contributed by atoms with E-state index in [0.29, 0.717) is 11.6 Å². The number of nitro benzene ring substituents is 1. The van der Waals surface area contributed by atoms with E-state index in [9.17, 15) is 14.9 Å². The summed E-state index contributed by atoms with van der Waals surface area (Å²) in [5.41, 5.74) is 0.856. The van der Waals surface area contributed by atoms with Gasteiger partial charge >= 0.3 is 0 Å². The minimum Gasteiger partial charge on any atom is -0.354 e. The molecule has 2 rings (SSSR count). The Labute approximate surface area is 168 Å². The second kappa shape index (κ2) is 10.3. The van der Waals surface area contributed by atoms with E-state index in [1.165, 1.54) is 6.07 Å². The highest BCUT2D eigenvalue weighted by molar-refractivity contribution is 7.99. The molecule has 0 bridgehead atoms. The van der Waals surface area contributed by atoms with E-state index < -0.39 is 4.92 Å². The van der Waals surface area contributed by atoms with Crippen molar-refractivity contribution in [3.8, 4) is 0 Å². The lowest BCUT2D eigenvalue weighted by molar-refractivity contribution is -0.384. The lowest BCUT2D eigenvalue weighted by Gasteiger charge is -2.24. The summed E-state index contributed by atoms with van der Waals surface area (Å²) in [4.78, 5) is 25.6. The van der Waals surface area contributed by atoms with Gasteiger partial charge in [0.25, 0.3) is 5.69 Å². The first-order chi connectivity index (χ1) is 12.9. The van der Waals surface area contributed by atoms with E-state index in [1.807, 2.05) is 49.2 Å². The number of thioether (sulfide) groups is 1. The van der Waals surface area contributed by atoms with Gasteiger partial charge in [0.05, 0.1) is 11.5 Å². The average molecular weight is 408 g/mol. The third kappa shape index (κ3) is 6.86. The lowest BCUT2D eigenvalue weighted by Crippen LogP contribution is -2.37. The molecule has 2 aromatic rings. The highest BCUT2D eigenvalue weighted by Gasteiger charge is 2.17. The second-order valence-corrected chi connectivity index (χ2v) is 7.70. The van der Waals surface area contributed by atoms with Crippen LogP contribution in [0.2, 0.25) is 5.02 Å². The van der Waals surface area contributed by atoms with Crippen molar-refractivity contribution in [3.05, 3.63) is 69.2 Å². The predicted octanol–water partition coefficient (Wildman–Crippen LogP) is 4.15. The zero-order valence-corrected chi connectivity index (χ0v) is 16.8. The number of halogens is 1. The van der Waals surface area contributed by atoms with E-state index in [1.54, 1.807) is 23.9 Å². The van der Waals surface area contributed by atoms with Gasteiger partial charge in [-0.1, -0.05) is 23.7 Å². The zero-order chi connectivity index (χ0) is 19.8. The Bertz CT molecular complexity index is 786. The van der Waals surface area contributed by atoms with Gasteiger partial charge in [-0.25, -0.2) is 0 Å². The fraction of sp³-hybridized carbons (Fsp3) is 0.316. The first-order valence-corrected chi connectivity index (χ1v) is 9.83. The quantitative estimate of drug-likeness (QED) is 0.292. The number of hydrogen-bond donors (Lipinski definition) is 1. The number of amides is 1. The first-order valence-electron chi connectivity index (χ1n) is 8.46. The Morgan fingerprint density at radius 2 is 2.00 bits per heavy atom. The molecule has 0 aromatic heterocycles. The molecule has 0 fully saturated rings. The van der Waals surface area contributed by atoms with Crippen LogP contribution in [0.25, 0.3) is 0 Å². The minimum absolute atomic E-state index is 0.0522. The molecule has 0 aliphatic rings. The number of benzene rings is 2. The first kappa shape index (κ1) is 21.2. The molecule has 0 aliphatic heterocycles. The number of hydrogen-bond acceptors (Lipinski definition) is 5. The molecule has 1 amide bonds. The van der Waals surface area contributed by atoms with Gasteiger partial charge in [0, 0.05) is 40.4 Å². The van der Waals surface area contributed by atoms with E-state index in [2.05, 4.69) is 5.32 Å². The Morgan fingerprint density at radius 3 is 2.67 bits per heavy atom. The standard InChI is InChI=1S/C19H22ClN3O3S/c1-14(15-4-3-5-17(12-15)23(25)26)22(2)13-19(24)21-10-11-27-18-8-6-16(20)7-9-18/h3-9,12,14H,10-11,13H2,1-2H3,(H,21,24)/t14-/m0/s1. The number of non-ortho nitro benzene ring substituents is 1. The second-order valence-electron chi connectivity index (χ2n) is 6.10. The van der Waals surface area contributed by atoms with Crippen LogP contribution in [0.3, 0.4) is 0 Å². The van der Waals surface area contributed by atoms with Crippen LogP contribution in [-0.4, -0.2) is 41.6 Å². The molecule has 0 heterocycles. The van der Waals surface area contributed by atoms with Crippen molar-refractivity contribution in [1.82, 2.24) is 10.2 Å². The highest BCUT2D eigenvalue weighted by Crippen LogP contribution is 2.23. The number of likely N-dealkylation sites (N-methyl/N-ethyl adjacent to an activating group) is 1. The normalized spacial score (nSPS) is 12.0. The van der Waals surface area contributed by atoms with E-state index in [4.69, 9.17) is 11.6 Å². The van der Waals surface area contributed by atoms with Crippen LogP contribution in [0.5, 0.6) is 0 Å². The van der Waals surface area contributed by atoms with Crippen molar-refractivity contribution < 1.29 is 9.72 Å². The van der Waals surface area contributed by atoms with Crippen molar-refractivity contribution >= 4 is 35.0 Å². The summed E-state index contributed by atoms with van der Waals surface area (Å²) in [5, 5.41) is 14.5. The zero-order valence-electron chi connectivity index (χ0n) is 15.2. The van der Waals surface area contributed by atoms with Gasteiger partial charge in [-0.3, -0.25) is 19.8 Å². The maximum Gasteiger partial charge on any atom is 0.269 e. The molecule has 1 N–H and O–H groups in total. The summed E-state index contributed by atoms with van der Waals surface area (Å²) in [7, 11) is 1.82. The maximum absolute atomic E-state index is 12.1. The van der Waals surface area contributed by atoms with Gasteiger partial charge in [0.1, 0.15) is 0 Å². The molecule has 8 heteroatoms. The van der Waals surface area contributed by atoms with Crippen LogP contribution in [0.15, 0.2) is 53.4 Å². The van der Waals surface area contributed by atoms with Crippen LogP contribution in [0.1, 0.15) is 18.5 Å². The van der Waals surface area contributed by atoms with Crippen molar-refractivity contribution in [2.45, 2.75) is 17.9 Å². The SMILES string of the molecule is C[C@@H](c1cccc([N+](=O)[O-])c1)N(C)CC(=O)NCCSc1ccc(Cl)cc1. The Kier molecular flexibility index (Phi) is 8.09. The van der Waals surface area contributed by atoms with Gasteiger partial charge < -0.3 is 5.32 Å². The monoisotopic (exact) mass is 407 g/mol. The predicted molar refractivity (Wildman–Crippen MR) is 109 cm³/mol. The third-order valence-corrected chi connectivity index (χ3v) is 5.39. The molecule has 144 valence electrons. The smallest absolute Gasteiger partial charge is 0.269 e. The molecule has 0 aliphatic carbocycles. The van der Waals surface area contributed by atoms with E-state index in [-0.39, 0.29) is 24.2 Å². The molecule has 0 radical (unpaired) electrons. The third-order valence-electron chi connectivity index (χ3n) is 4.12. The molecule has 0 saturated carbocycles. The summed E-state index contributed by atoms with van der Waals surface area (Å²) in [6, 6.07) is 14.0. The van der Waals surface area contributed by atoms with Crippen LogP contribution in [0.4, 0.5) is 5.69 Å². The molecule has 1 atom stereocenters. The van der Waals surface area contributed by atoms with E-state index >= 15 is 0 Å². The van der Waals surface area contributed by atoms with Gasteiger partial charge in [-0.15, -0.1) is 11.8 Å². The van der Waals surface area contributed by atoms with Crippen LogP contribution in [0, 0.1) is 10.1 Å².